The quantitative estimate of drug-likeness (QED) is 0.127. The normalized spacial score (nSPS) is 18.5. The predicted molar refractivity (Wildman–Crippen MR) is 314 cm³/mol. The molecule has 0 N–H and O–H groups in total. The van der Waals surface area contributed by atoms with E-state index in [0.29, 0.717) is 0 Å². The highest BCUT2D eigenvalue weighted by atomic mass is 30.2. The molecule has 0 amide bonds. The summed E-state index contributed by atoms with van der Waals surface area (Å²) in [6, 6.07) is 117. The Hall–Kier alpha value is -7.71. The van der Waals surface area contributed by atoms with Crippen LogP contribution < -0.4 is 41.5 Å². The second-order valence-electron chi connectivity index (χ2n) is 20.1. The first-order valence-electron chi connectivity index (χ1n) is 25.6. The molecular weight excluding hydrogens is 929 g/mol. The maximum Gasteiger partial charge on any atom is 0.121 e. The SMILES string of the molecule is c1ccc([Si]2(c3cccc(-c4cccc5c4Cc4ccccc4-5)c3)[Si](c3ccccc3)(c3ccccc3)[Si](c3ccccc3)(c3cccc4c3Cc3ccccc3-4)[Si]2(c2ccccc2)c2ccccc2)cc1. The van der Waals surface area contributed by atoms with Gasteiger partial charge in [-0.2, -0.15) is 0 Å². The zero-order valence-electron chi connectivity index (χ0n) is 40.1. The van der Waals surface area contributed by atoms with Gasteiger partial charge in [0.25, 0.3) is 0 Å². The van der Waals surface area contributed by atoms with Crippen LogP contribution in [0.3, 0.4) is 0 Å². The maximum absolute atomic E-state index is 3.35. The lowest BCUT2D eigenvalue weighted by Gasteiger charge is -2.79. The van der Waals surface area contributed by atoms with Crippen molar-refractivity contribution in [1.29, 1.82) is 0 Å². The largest absolute Gasteiger partial charge is 0.121 e. The highest BCUT2D eigenvalue weighted by Gasteiger charge is 2.94. The Morgan fingerprint density at radius 3 is 0.972 bits per heavy atom. The van der Waals surface area contributed by atoms with Crippen molar-refractivity contribution in [3.05, 3.63) is 313 Å². The Bertz CT molecular complexity index is 3630. The van der Waals surface area contributed by atoms with E-state index >= 15 is 0 Å². The van der Waals surface area contributed by atoms with Gasteiger partial charge in [0.1, 0.15) is 28.4 Å². The van der Waals surface area contributed by atoms with Crippen LogP contribution in [0.15, 0.2) is 291 Å². The minimum Gasteiger partial charge on any atom is -0.0631 e. The minimum absolute atomic E-state index is 0.933. The average Bonchev–Trinajstić information content (AvgIpc) is 4.04. The van der Waals surface area contributed by atoms with E-state index in [0.717, 1.165) is 12.8 Å². The summed E-state index contributed by atoms with van der Waals surface area (Å²) in [6.45, 7) is 0. The number of rotatable bonds is 9. The van der Waals surface area contributed by atoms with Crippen molar-refractivity contribution in [3.63, 3.8) is 0 Å². The van der Waals surface area contributed by atoms with E-state index in [2.05, 4.69) is 291 Å². The number of fused-ring (bicyclic) bond motifs is 6. The van der Waals surface area contributed by atoms with E-state index in [9.17, 15) is 0 Å². The summed E-state index contributed by atoms with van der Waals surface area (Å²) >= 11 is 0. The van der Waals surface area contributed by atoms with Crippen molar-refractivity contribution in [2.24, 2.45) is 0 Å². The Balaban J connectivity index is 1.25. The highest BCUT2D eigenvalue weighted by molar-refractivity contribution is 8.27. The Morgan fingerprint density at radius 1 is 0.208 bits per heavy atom. The molecule has 0 saturated carbocycles. The molecular formula is C68H52Si4. The van der Waals surface area contributed by atoms with Gasteiger partial charge in [-0.15, -0.1) is 0 Å². The van der Waals surface area contributed by atoms with Gasteiger partial charge in [-0.25, -0.2) is 0 Å². The van der Waals surface area contributed by atoms with Crippen LogP contribution in [0.4, 0.5) is 0 Å². The number of hydrogen-bond donors (Lipinski definition) is 0. The van der Waals surface area contributed by atoms with Gasteiger partial charge in [-0.3, -0.25) is 0 Å². The van der Waals surface area contributed by atoms with Crippen molar-refractivity contribution in [1.82, 2.24) is 0 Å². The molecule has 1 saturated heterocycles. The van der Waals surface area contributed by atoms with Gasteiger partial charge < -0.3 is 0 Å². The van der Waals surface area contributed by atoms with Crippen LogP contribution >= 0.6 is 0 Å². The van der Waals surface area contributed by atoms with E-state index in [1.165, 1.54) is 50.1 Å². The molecule has 0 nitrogen and oxygen atoms in total. The third-order valence-corrected chi connectivity index (χ3v) is 94.6. The lowest BCUT2D eigenvalue weighted by molar-refractivity contribution is 1.26. The van der Waals surface area contributed by atoms with Gasteiger partial charge in [0.15, 0.2) is 0 Å². The fourth-order valence-electron chi connectivity index (χ4n) is 15.1. The van der Waals surface area contributed by atoms with Crippen LogP contribution in [0.2, 0.25) is 0 Å². The molecule has 1 heterocycles. The Kier molecular flexibility index (Phi) is 10.2. The first-order valence-corrected chi connectivity index (χ1v) is 37.6. The number of hydrogen-bond acceptors (Lipinski definition) is 0. The molecule has 0 aromatic heterocycles. The van der Waals surface area contributed by atoms with Crippen LogP contribution in [-0.2, 0) is 12.8 Å². The summed E-state index contributed by atoms with van der Waals surface area (Å²) in [5.41, 5.74) is 14.1. The van der Waals surface area contributed by atoms with Gasteiger partial charge in [-0.1, -0.05) is 333 Å². The molecule has 4 heteroatoms. The first kappa shape index (κ1) is 43.1. The standard InChI is InChI=1S/C68H52Si4/c1-7-29-54(30-8-1)69(55-31-9-2-10-32-55)71(58-37-15-5-16-38-58,60-41-23-28-51(48-60)63-44-24-45-64-61-42-21-19-26-52(61)49-66(63)64)70(56-33-11-3-12-34-56,57-35-13-4-14-36-57)72(69,59-39-17-6-18-40-59)68-47-25-46-65-62-43-22-20-27-53(62)50-67(65)68/h1-48H,49-50H2. The highest BCUT2D eigenvalue weighted by Crippen LogP contribution is 2.52. The van der Waals surface area contributed by atoms with E-state index < -0.39 is 28.4 Å². The molecule has 340 valence electrons. The van der Waals surface area contributed by atoms with Gasteiger partial charge in [-0.05, 0) is 68.5 Å². The van der Waals surface area contributed by atoms with Crippen LogP contribution in [-0.4, -0.2) is 28.4 Å². The van der Waals surface area contributed by atoms with Crippen LogP contribution in [0.5, 0.6) is 0 Å². The first-order chi connectivity index (χ1) is 35.7. The smallest absolute Gasteiger partial charge is 0.0631 e. The third-order valence-electron chi connectivity index (χ3n) is 17.2. The number of benzene rings is 11. The molecule has 0 radical (unpaired) electrons. The maximum atomic E-state index is 2.76. The van der Waals surface area contributed by atoms with Crippen molar-refractivity contribution < 1.29 is 0 Å². The van der Waals surface area contributed by atoms with Gasteiger partial charge in [0, 0.05) is 0 Å². The molecule has 11 aromatic carbocycles. The second kappa shape index (κ2) is 17.0. The average molecular weight is 982 g/mol. The topological polar surface area (TPSA) is 0 Å². The van der Waals surface area contributed by atoms with Crippen LogP contribution in [0.25, 0.3) is 33.4 Å². The predicted octanol–water partition coefficient (Wildman–Crippen LogP) is 10.2. The van der Waals surface area contributed by atoms with Crippen molar-refractivity contribution >= 4 is 69.9 Å². The summed E-state index contributed by atoms with van der Waals surface area (Å²) in [5, 5.41) is 12.6. The van der Waals surface area contributed by atoms with Gasteiger partial charge in [0.2, 0.25) is 0 Å². The Morgan fingerprint density at radius 2 is 0.514 bits per heavy atom. The third kappa shape index (κ3) is 5.61. The zero-order valence-corrected chi connectivity index (χ0v) is 44.1. The molecule has 1 aliphatic heterocycles. The van der Waals surface area contributed by atoms with E-state index in [1.807, 2.05) is 0 Å². The monoisotopic (exact) mass is 980 g/mol. The molecule has 72 heavy (non-hydrogen) atoms. The fourth-order valence-corrected chi connectivity index (χ4v) is 137. The second-order valence-corrected chi connectivity index (χ2v) is 54.7. The summed E-state index contributed by atoms with van der Waals surface area (Å²) in [5.74, 6) is 0. The summed E-state index contributed by atoms with van der Waals surface area (Å²) < 4.78 is 0. The molecule has 14 rings (SSSR count). The van der Waals surface area contributed by atoms with E-state index in [1.54, 1.807) is 47.1 Å². The lowest BCUT2D eigenvalue weighted by atomic mass is 9.96. The molecule has 1 fully saturated rings. The summed E-state index contributed by atoms with van der Waals surface area (Å²) in [6.07, 6.45) is 1.88. The molecule has 0 unspecified atom stereocenters. The van der Waals surface area contributed by atoms with E-state index in [-0.39, 0.29) is 0 Å². The fraction of sp³-hybridized carbons (Fsp3) is 0.0294. The summed E-state index contributed by atoms with van der Waals surface area (Å²) in [7, 11) is -13.3. The van der Waals surface area contributed by atoms with Crippen LogP contribution in [0, 0.1) is 0 Å². The molecule has 0 atom stereocenters. The molecule has 2 aliphatic carbocycles. The van der Waals surface area contributed by atoms with Crippen molar-refractivity contribution in [2.75, 3.05) is 0 Å². The Labute approximate surface area is 426 Å². The molecule has 11 aromatic rings. The van der Waals surface area contributed by atoms with E-state index in [4.69, 9.17) is 0 Å². The summed E-state index contributed by atoms with van der Waals surface area (Å²) in [4.78, 5) is 0. The zero-order chi connectivity index (χ0) is 47.7. The molecule has 3 aliphatic rings. The van der Waals surface area contributed by atoms with Gasteiger partial charge in [0.05, 0.1) is 0 Å². The van der Waals surface area contributed by atoms with Crippen LogP contribution in [0.1, 0.15) is 22.3 Å². The van der Waals surface area contributed by atoms with Crippen molar-refractivity contribution in [3.8, 4) is 33.4 Å². The molecule has 0 spiro atoms. The molecule has 0 bridgehead atoms. The minimum atomic E-state index is -3.35. The lowest BCUT2D eigenvalue weighted by Crippen LogP contribution is -3.25. The van der Waals surface area contributed by atoms with Crippen molar-refractivity contribution in [2.45, 2.75) is 12.8 Å². The van der Waals surface area contributed by atoms with Gasteiger partial charge >= 0.3 is 0 Å².